The van der Waals surface area contributed by atoms with E-state index in [4.69, 9.17) is 10.5 Å². The monoisotopic (exact) mass is 180 g/mol. The molecule has 1 heterocycles. The summed E-state index contributed by atoms with van der Waals surface area (Å²) in [6.07, 6.45) is 2.60. The molecule has 0 radical (unpaired) electrons. The molecule has 0 aliphatic carbocycles. The van der Waals surface area contributed by atoms with E-state index in [0.717, 1.165) is 18.5 Å². The number of hydrogen-bond donors (Lipinski definition) is 1. The average Bonchev–Trinajstić information content (AvgIpc) is 2.08. The number of rotatable bonds is 3. The van der Waals surface area contributed by atoms with E-state index in [1.54, 1.807) is 18.3 Å². The Hall–Kier alpha value is -1.58. The van der Waals surface area contributed by atoms with Crippen molar-refractivity contribution in [1.29, 1.82) is 0 Å². The van der Waals surface area contributed by atoms with Gasteiger partial charge in [0.05, 0.1) is 5.69 Å². The van der Waals surface area contributed by atoms with Crippen molar-refractivity contribution in [3.05, 3.63) is 24.0 Å². The molecular formula is C9H12N2O2. The molecule has 0 saturated heterocycles. The number of aryl methyl sites for hydroxylation is 1. The molecule has 4 heteroatoms. The zero-order valence-electron chi connectivity index (χ0n) is 7.49. The van der Waals surface area contributed by atoms with E-state index >= 15 is 0 Å². The zero-order chi connectivity index (χ0) is 9.68. The number of carbonyl (C=O) groups excluding carboxylic acids is 1. The Balaban J connectivity index is 2.84. The Morgan fingerprint density at radius 3 is 3.08 bits per heavy atom. The van der Waals surface area contributed by atoms with Crippen LogP contribution < -0.4 is 10.5 Å². The average molecular weight is 180 g/mol. The van der Waals surface area contributed by atoms with Gasteiger partial charge in [0, 0.05) is 6.20 Å². The molecule has 1 aromatic heterocycles. The van der Waals surface area contributed by atoms with Crippen LogP contribution in [-0.2, 0) is 6.42 Å². The highest BCUT2D eigenvalue weighted by molar-refractivity contribution is 5.68. The second kappa shape index (κ2) is 4.45. The first kappa shape index (κ1) is 9.51. The van der Waals surface area contributed by atoms with Crippen molar-refractivity contribution in [3.8, 4) is 5.75 Å². The van der Waals surface area contributed by atoms with Crippen LogP contribution in [0.25, 0.3) is 0 Å². The molecular weight excluding hydrogens is 168 g/mol. The molecule has 0 aliphatic rings. The normalized spacial score (nSPS) is 9.62. The molecule has 0 aliphatic heterocycles. The molecule has 1 rings (SSSR count). The van der Waals surface area contributed by atoms with Crippen LogP contribution in [0, 0.1) is 0 Å². The molecule has 0 fully saturated rings. The first-order valence-electron chi connectivity index (χ1n) is 4.15. The lowest BCUT2D eigenvalue weighted by Gasteiger charge is -2.05. The largest absolute Gasteiger partial charge is 0.410 e. The van der Waals surface area contributed by atoms with Gasteiger partial charge in [-0.15, -0.1) is 0 Å². The number of nitrogens with two attached hydrogens (primary N) is 1. The van der Waals surface area contributed by atoms with Crippen molar-refractivity contribution in [3.63, 3.8) is 0 Å². The lowest BCUT2D eigenvalue weighted by atomic mass is 10.2. The highest BCUT2D eigenvalue weighted by atomic mass is 16.5. The highest BCUT2D eigenvalue weighted by Gasteiger charge is 2.05. The summed E-state index contributed by atoms with van der Waals surface area (Å²) < 4.78 is 4.77. The van der Waals surface area contributed by atoms with Crippen molar-refractivity contribution in [2.75, 3.05) is 0 Å². The molecule has 13 heavy (non-hydrogen) atoms. The molecule has 4 nitrogen and oxygen atoms in total. The number of hydrogen-bond acceptors (Lipinski definition) is 3. The van der Waals surface area contributed by atoms with Crippen LogP contribution >= 0.6 is 0 Å². The zero-order valence-corrected chi connectivity index (χ0v) is 7.49. The second-order valence-electron chi connectivity index (χ2n) is 2.62. The summed E-state index contributed by atoms with van der Waals surface area (Å²) in [5.41, 5.74) is 5.67. The third-order valence-corrected chi connectivity index (χ3v) is 1.55. The molecule has 1 aromatic rings. The fourth-order valence-corrected chi connectivity index (χ4v) is 1.05. The highest BCUT2D eigenvalue weighted by Crippen LogP contribution is 2.16. The van der Waals surface area contributed by atoms with Gasteiger partial charge in [0.25, 0.3) is 0 Å². The SMILES string of the molecule is CCCc1ncccc1OC(N)=O. The van der Waals surface area contributed by atoms with Gasteiger partial charge in [-0.3, -0.25) is 4.98 Å². The number of nitrogens with zero attached hydrogens (tertiary/aromatic N) is 1. The Morgan fingerprint density at radius 1 is 1.69 bits per heavy atom. The number of pyridine rings is 1. The smallest absolute Gasteiger partial charge is 0.409 e. The molecule has 1 amide bonds. The Kier molecular flexibility index (Phi) is 3.25. The van der Waals surface area contributed by atoms with Gasteiger partial charge in [-0.2, -0.15) is 0 Å². The summed E-state index contributed by atoms with van der Waals surface area (Å²) in [5, 5.41) is 0. The third-order valence-electron chi connectivity index (χ3n) is 1.55. The Labute approximate surface area is 76.7 Å². The lowest BCUT2D eigenvalue weighted by molar-refractivity contribution is 0.210. The van der Waals surface area contributed by atoms with Crippen LogP contribution in [0.15, 0.2) is 18.3 Å². The summed E-state index contributed by atoms with van der Waals surface area (Å²) in [7, 11) is 0. The number of aromatic nitrogens is 1. The lowest BCUT2D eigenvalue weighted by Crippen LogP contribution is -2.17. The maximum Gasteiger partial charge on any atom is 0.410 e. The van der Waals surface area contributed by atoms with E-state index in [9.17, 15) is 4.79 Å². The fourth-order valence-electron chi connectivity index (χ4n) is 1.05. The summed E-state index contributed by atoms with van der Waals surface area (Å²) in [5.74, 6) is 0.455. The summed E-state index contributed by atoms with van der Waals surface area (Å²) in [6, 6.07) is 3.39. The minimum Gasteiger partial charge on any atom is -0.409 e. The van der Waals surface area contributed by atoms with Crippen LogP contribution in [-0.4, -0.2) is 11.1 Å². The second-order valence-corrected chi connectivity index (χ2v) is 2.62. The van der Waals surface area contributed by atoms with Gasteiger partial charge in [-0.05, 0) is 18.6 Å². The van der Waals surface area contributed by atoms with E-state index in [2.05, 4.69) is 4.98 Å². The van der Waals surface area contributed by atoms with Crippen molar-refractivity contribution in [2.24, 2.45) is 5.73 Å². The van der Waals surface area contributed by atoms with Gasteiger partial charge in [-0.25, -0.2) is 4.79 Å². The van der Waals surface area contributed by atoms with E-state index in [1.165, 1.54) is 0 Å². The van der Waals surface area contributed by atoms with Crippen molar-refractivity contribution < 1.29 is 9.53 Å². The van der Waals surface area contributed by atoms with Gasteiger partial charge in [0.2, 0.25) is 0 Å². The van der Waals surface area contributed by atoms with E-state index < -0.39 is 6.09 Å². The number of amides is 1. The van der Waals surface area contributed by atoms with E-state index in [0.29, 0.717) is 5.75 Å². The van der Waals surface area contributed by atoms with Crippen molar-refractivity contribution >= 4 is 6.09 Å². The predicted octanol–water partition coefficient (Wildman–Crippen LogP) is 1.49. The van der Waals surface area contributed by atoms with Gasteiger partial charge in [0.1, 0.15) is 0 Å². The van der Waals surface area contributed by atoms with Crippen LogP contribution in [0.3, 0.4) is 0 Å². The minimum absolute atomic E-state index is 0.455. The van der Waals surface area contributed by atoms with Crippen molar-refractivity contribution in [1.82, 2.24) is 4.98 Å². The number of primary amides is 1. The van der Waals surface area contributed by atoms with Crippen LogP contribution in [0.5, 0.6) is 5.75 Å². The maximum atomic E-state index is 10.5. The van der Waals surface area contributed by atoms with E-state index in [1.807, 2.05) is 6.92 Å². The number of ether oxygens (including phenoxy) is 1. The van der Waals surface area contributed by atoms with Crippen LogP contribution in [0.1, 0.15) is 19.0 Å². The van der Waals surface area contributed by atoms with Gasteiger partial charge < -0.3 is 10.5 Å². The van der Waals surface area contributed by atoms with Gasteiger partial charge >= 0.3 is 6.09 Å². The topological polar surface area (TPSA) is 65.2 Å². The summed E-state index contributed by atoms with van der Waals surface area (Å²) in [6.45, 7) is 2.03. The first-order chi connectivity index (χ1) is 6.24. The minimum atomic E-state index is -0.801. The molecule has 0 bridgehead atoms. The molecule has 0 saturated carbocycles. The number of carbonyl (C=O) groups is 1. The first-order valence-corrected chi connectivity index (χ1v) is 4.15. The third kappa shape index (κ3) is 2.74. The predicted molar refractivity (Wildman–Crippen MR) is 48.4 cm³/mol. The molecule has 0 aromatic carbocycles. The van der Waals surface area contributed by atoms with Gasteiger partial charge in [-0.1, -0.05) is 13.3 Å². The summed E-state index contributed by atoms with van der Waals surface area (Å²) in [4.78, 5) is 14.6. The molecule has 0 spiro atoms. The Bertz CT molecular complexity index is 299. The van der Waals surface area contributed by atoms with Crippen LogP contribution in [0.2, 0.25) is 0 Å². The quantitative estimate of drug-likeness (QED) is 0.766. The molecule has 0 atom stereocenters. The van der Waals surface area contributed by atoms with Crippen LogP contribution in [0.4, 0.5) is 4.79 Å². The standard InChI is InChI=1S/C9H12N2O2/c1-2-4-7-8(13-9(10)12)5-3-6-11-7/h3,5-6H,2,4H2,1H3,(H2,10,12). The Morgan fingerprint density at radius 2 is 2.46 bits per heavy atom. The van der Waals surface area contributed by atoms with E-state index in [-0.39, 0.29) is 0 Å². The van der Waals surface area contributed by atoms with Crippen molar-refractivity contribution in [2.45, 2.75) is 19.8 Å². The van der Waals surface area contributed by atoms with Gasteiger partial charge in [0.15, 0.2) is 5.75 Å². The fraction of sp³-hybridized carbons (Fsp3) is 0.333. The maximum absolute atomic E-state index is 10.5. The molecule has 70 valence electrons. The summed E-state index contributed by atoms with van der Waals surface area (Å²) >= 11 is 0. The molecule has 0 unspecified atom stereocenters. The molecule has 2 N–H and O–H groups in total.